The van der Waals surface area contributed by atoms with Crippen LogP contribution < -0.4 is 0 Å². The molecule has 0 saturated carbocycles. The second kappa shape index (κ2) is 6.90. The molecule has 25 heavy (non-hydrogen) atoms. The Kier molecular flexibility index (Phi) is 6.76. The lowest BCUT2D eigenvalue weighted by atomic mass is 9.90. The maximum Gasteiger partial charge on any atom is 0.384 e. The van der Waals surface area contributed by atoms with Gasteiger partial charge in [-0.15, -0.1) is 0 Å². The maximum atomic E-state index is 13.3. The van der Waals surface area contributed by atoms with Crippen molar-refractivity contribution < 1.29 is 61.2 Å². The first-order valence-electron chi connectivity index (χ1n) is 6.15. The molecule has 0 bridgehead atoms. The minimum Gasteiger partial charge on any atom is -0.468 e. The molecular weight excluding hydrogens is 427 g/mol. The van der Waals surface area contributed by atoms with Crippen LogP contribution in [0.25, 0.3) is 0 Å². The molecule has 1 unspecified atom stereocenters. The van der Waals surface area contributed by atoms with Gasteiger partial charge in [0.15, 0.2) is 15.9 Å². The van der Waals surface area contributed by atoms with E-state index in [2.05, 4.69) is 4.12 Å². The quantitative estimate of drug-likeness (QED) is 0.398. The van der Waals surface area contributed by atoms with Crippen LogP contribution in [0.2, 0.25) is 6.04 Å². The van der Waals surface area contributed by atoms with Crippen LogP contribution in [0.3, 0.4) is 0 Å². The second-order valence-electron chi connectivity index (χ2n) is 4.98. The Morgan fingerprint density at radius 3 is 1.44 bits per heavy atom. The topological polar surface area (TPSA) is 9.23 Å². The molecule has 0 heterocycles. The summed E-state index contributed by atoms with van der Waals surface area (Å²) in [7, 11) is -2.86. The number of halogens is 13. The normalized spacial score (nSPS) is 17.5. The van der Waals surface area contributed by atoms with Crippen LogP contribution in [0.1, 0.15) is 6.92 Å². The lowest BCUT2D eigenvalue weighted by molar-refractivity contribution is -0.426. The molecule has 0 radical (unpaired) electrons. The summed E-state index contributed by atoms with van der Waals surface area (Å²) in [6.45, 7) is -0.428. The van der Waals surface area contributed by atoms with Crippen molar-refractivity contribution >= 4 is 20.2 Å². The molecule has 0 aliphatic heterocycles. The van der Waals surface area contributed by atoms with Crippen LogP contribution in [-0.4, -0.2) is 62.0 Å². The summed E-state index contributed by atoms with van der Waals surface area (Å²) in [6, 6.07) is -2.14. The fourth-order valence-corrected chi connectivity index (χ4v) is 2.86. The zero-order valence-corrected chi connectivity index (χ0v) is 15.7. The highest BCUT2D eigenvalue weighted by Crippen LogP contribution is 2.61. The van der Waals surface area contributed by atoms with Crippen molar-refractivity contribution in [3.05, 3.63) is 0 Å². The van der Waals surface area contributed by atoms with E-state index in [4.69, 9.17) is 0 Å². The van der Waals surface area contributed by atoms with E-state index < -0.39 is 64.4 Å². The van der Waals surface area contributed by atoms with Crippen LogP contribution in [0.4, 0.5) is 57.1 Å². The molecule has 0 aromatic heterocycles. The average Bonchev–Trinajstić information content (AvgIpc) is 2.43. The third kappa shape index (κ3) is 3.52. The Balaban J connectivity index is 6.20. The second-order valence-corrected chi connectivity index (χ2v) is 8.20. The Labute approximate surface area is 137 Å². The number of hydrogen-bond donors (Lipinski definition) is 0. The predicted octanol–water partition coefficient (Wildman–Crippen LogP) is 2.96. The highest BCUT2D eigenvalue weighted by molar-refractivity contribution is 6.34. The van der Waals surface area contributed by atoms with Gasteiger partial charge in [-0.2, -0.15) is 52.7 Å². The monoisotopic (exact) mass is 438 g/mol. The molecule has 0 aliphatic rings. The predicted molar refractivity (Wildman–Crippen MR) is 64.6 cm³/mol. The molecule has 0 aromatic carbocycles. The van der Waals surface area contributed by atoms with Crippen molar-refractivity contribution in [2.75, 3.05) is 0 Å². The van der Waals surface area contributed by atoms with Gasteiger partial charge < -0.3 is 4.12 Å². The molecule has 0 saturated heterocycles. The van der Waals surface area contributed by atoms with Crippen LogP contribution in [0, 0.1) is 0 Å². The van der Waals surface area contributed by atoms with E-state index in [0.29, 0.717) is 0 Å². The van der Waals surface area contributed by atoms with Gasteiger partial charge in [-0.3, -0.25) is 0 Å². The van der Waals surface area contributed by atoms with E-state index in [9.17, 15) is 57.1 Å². The minimum atomic E-state index is -7.71. The molecule has 0 aliphatic carbocycles. The van der Waals surface area contributed by atoms with Gasteiger partial charge in [-0.05, 0) is 6.92 Å². The summed E-state index contributed by atoms with van der Waals surface area (Å²) in [5.41, 5.74) is 0. The van der Waals surface area contributed by atoms with E-state index in [-0.39, 0.29) is 10.5 Å². The smallest absolute Gasteiger partial charge is 0.384 e. The van der Waals surface area contributed by atoms with Gasteiger partial charge in [-0.25, -0.2) is 4.39 Å². The van der Waals surface area contributed by atoms with Crippen LogP contribution >= 0.6 is 0 Å². The molecule has 0 amide bonds. The number of alkyl halides is 13. The van der Waals surface area contributed by atoms with E-state index in [1.54, 1.807) is 0 Å². The molecule has 16 heteroatoms. The van der Waals surface area contributed by atoms with Crippen molar-refractivity contribution in [3.8, 4) is 0 Å². The van der Waals surface area contributed by atoms with Gasteiger partial charge >= 0.3 is 35.5 Å². The van der Waals surface area contributed by atoms with Gasteiger partial charge in [0, 0.05) is 6.04 Å². The highest BCUT2D eigenvalue weighted by atomic mass is 28.3. The van der Waals surface area contributed by atoms with E-state index in [0.717, 1.165) is 0 Å². The summed E-state index contributed by atoms with van der Waals surface area (Å²) >= 11 is 0. The van der Waals surface area contributed by atoms with E-state index in [1.165, 1.54) is 0 Å². The molecule has 0 spiro atoms. The molecule has 0 aromatic rings. The molecule has 152 valence electrons. The Bertz CT molecular complexity index is 464. The maximum absolute atomic E-state index is 13.3. The average molecular weight is 438 g/mol. The SMILES string of the molecule is CC(F)C(F)(F)C(F)(F)C(F)(F)C(F)(F)C(F)(F)C(F)(F)C[SiH2]O[SiH3]. The van der Waals surface area contributed by atoms with E-state index in [1.807, 2.05) is 0 Å². The third-order valence-electron chi connectivity index (χ3n) is 3.18. The standard InChI is InChI=1S/C9H11F13OSi2/c1-3(10)5(13,14)7(17,18)9(21,22)8(19,20)6(15,16)4(11,12)2-25-23-24/h3H,2,25H2,1,24H3. The fraction of sp³-hybridized carbons (Fsp3) is 1.00. The Morgan fingerprint density at radius 2 is 1.12 bits per heavy atom. The van der Waals surface area contributed by atoms with Gasteiger partial charge in [0.1, 0.15) is 10.5 Å². The summed E-state index contributed by atoms with van der Waals surface area (Å²) in [5, 5.41) is 0. The largest absolute Gasteiger partial charge is 0.468 e. The fourth-order valence-electron chi connectivity index (χ4n) is 1.47. The first-order valence-corrected chi connectivity index (χ1v) is 8.55. The molecular formula is C9H11F13OSi2. The Morgan fingerprint density at radius 1 is 0.760 bits per heavy atom. The zero-order valence-electron chi connectivity index (χ0n) is 12.3. The number of hydrogen-bond acceptors (Lipinski definition) is 1. The molecule has 0 rings (SSSR count). The van der Waals surface area contributed by atoms with Crippen LogP contribution in [-0.2, 0) is 4.12 Å². The first-order chi connectivity index (χ1) is 10.8. The lowest BCUT2D eigenvalue weighted by Crippen LogP contribution is -2.71. The Hall–Kier alpha value is -0.516. The van der Waals surface area contributed by atoms with Gasteiger partial charge in [0.05, 0.1) is 0 Å². The van der Waals surface area contributed by atoms with Crippen molar-refractivity contribution in [2.24, 2.45) is 0 Å². The lowest BCUT2D eigenvalue weighted by Gasteiger charge is -2.41. The third-order valence-corrected chi connectivity index (χ3v) is 5.65. The highest BCUT2D eigenvalue weighted by Gasteiger charge is 2.90. The van der Waals surface area contributed by atoms with Crippen molar-refractivity contribution in [2.45, 2.75) is 54.7 Å². The molecule has 1 nitrogen and oxygen atoms in total. The van der Waals surface area contributed by atoms with E-state index >= 15 is 0 Å². The van der Waals surface area contributed by atoms with Crippen molar-refractivity contribution in [1.29, 1.82) is 0 Å². The van der Waals surface area contributed by atoms with Gasteiger partial charge in [0.25, 0.3) is 0 Å². The summed E-state index contributed by atoms with van der Waals surface area (Å²) in [6.07, 6.45) is -4.18. The minimum absolute atomic E-state index is 0.279. The van der Waals surface area contributed by atoms with Crippen LogP contribution in [0.15, 0.2) is 0 Å². The zero-order chi connectivity index (χ0) is 20.7. The summed E-state index contributed by atoms with van der Waals surface area (Å²) in [4.78, 5) is 0. The molecule has 1 atom stereocenters. The molecule has 0 N–H and O–H groups in total. The van der Waals surface area contributed by atoms with Crippen molar-refractivity contribution in [1.82, 2.24) is 0 Å². The van der Waals surface area contributed by atoms with Crippen molar-refractivity contribution in [3.63, 3.8) is 0 Å². The summed E-state index contributed by atoms with van der Waals surface area (Å²) < 4.78 is 174. The van der Waals surface area contributed by atoms with Gasteiger partial charge in [-0.1, -0.05) is 0 Å². The number of rotatable bonds is 9. The first kappa shape index (κ1) is 24.5. The van der Waals surface area contributed by atoms with Crippen LogP contribution in [0.5, 0.6) is 0 Å². The summed E-state index contributed by atoms with van der Waals surface area (Å²) in [5.74, 6) is -42.4. The molecule has 0 fully saturated rings. The van der Waals surface area contributed by atoms with Gasteiger partial charge in [0.2, 0.25) is 0 Å².